The second kappa shape index (κ2) is 5.41. The van der Waals surface area contributed by atoms with Crippen LogP contribution in [0.3, 0.4) is 0 Å². The maximum atomic E-state index is 4.77. The molecule has 4 aromatic carbocycles. The van der Waals surface area contributed by atoms with Crippen molar-refractivity contribution in [3.8, 4) is 22.3 Å². The van der Waals surface area contributed by atoms with Crippen LogP contribution in [-0.4, -0.2) is 9.38 Å². The smallest absolute Gasteiger partial charge is 0.145 e. The van der Waals surface area contributed by atoms with Crippen LogP contribution in [0.4, 0.5) is 0 Å². The minimum absolute atomic E-state index is 1.00. The van der Waals surface area contributed by atoms with E-state index in [0.29, 0.717) is 0 Å². The Hall–Kier alpha value is -3.91. The maximum absolute atomic E-state index is 4.77. The summed E-state index contributed by atoms with van der Waals surface area (Å²) in [5, 5.41) is 3.86. The topological polar surface area (TPSA) is 17.3 Å². The highest BCUT2D eigenvalue weighted by Gasteiger charge is 2.23. The van der Waals surface area contributed by atoms with Gasteiger partial charge in [-0.2, -0.15) is 0 Å². The lowest BCUT2D eigenvalue weighted by atomic mass is 9.95. The van der Waals surface area contributed by atoms with Gasteiger partial charge < -0.3 is 0 Å². The van der Waals surface area contributed by atoms with Gasteiger partial charge in [0, 0.05) is 23.2 Å². The zero-order valence-corrected chi connectivity index (χ0v) is 16.9. The summed E-state index contributed by atoms with van der Waals surface area (Å²) < 4.78 is 2.27. The van der Waals surface area contributed by atoms with E-state index in [1.165, 1.54) is 66.2 Å². The van der Waals surface area contributed by atoms with Crippen molar-refractivity contribution in [2.45, 2.75) is 12.8 Å². The van der Waals surface area contributed by atoms with E-state index in [4.69, 9.17) is 4.98 Å². The lowest BCUT2D eigenvalue weighted by Crippen LogP contribution is -1.94. The number of fused-ring (bicyclic) bond motifs is 12. The number of hydrogen-bond donors (Lipinski definition) is 0. The molecule has 0 fully saturated rings. The normalized spacial score (nSPS) is 13.5. The van der Waals surface area contributed by atoms with E-state index < -0.39 is 0 Å². The monoisotopic (exact) mass is 394 g/mol. The van der Waals surface area contributed by atoms with E-state index in [2.05, 4.69) is 83.4 Å². The number of benzene rings is 4. The molecule has 0 aliphatic heterocycles. The summed E-state index contributed by atoms with van der Waals surface area (Å²) in [6.07, 6.45) is 6.04. The first-order valence-corrected chi connectivity index (χ1v) is 10.9. The molecule has 2 aliphatic rings. The summed E-state index contributed by atoms with van der Waals surface area (Å²) in [5.74, 6) is 0. The van der Waals surface area contributed by atoms with Crippen molar-refractivity contribution in [1.29, 1.82) is 0 Å². The molecule has 0 bridgehead atoms. The largest absolute Gasteiger partial charge is 0.299 e. The molecule has 144 valence electrons. The van der Waals surface area contributed by atoms with Gasteiger partial charge >= 0.3 is 0 Å². The Morgan fingerprint density at radius 2 is 1.23 bits per heavy atom. The quantitative estimate of drug-likeness (QED) is 0.259. The Bertz CT molecular complexity index is 1610. The van der Waals surface area contributed by atoms with Gasteiger partial charge in [0.25, 0.3) is 0 Å². The highest BCUT2D eigenvalue weighted by Crippen LogP contribution is 2.44. The second-order valence-electron chi connectivity index (χ2n) is 8.87. The number of nitrogens with zero attached hydrogens (tertiary/aromatic N) is 2. The first-order chi connectivity index (χ1) is 15.3. The van der Waals surface area contributed by atoms with Gasteiger partial charge in [0.1, 0.15) is 5.65 Å². The molecular formula is C29H18N2. The van der Waals surface area contributed by atoms with Gasteiger partial charge in [-0.25, -0.2) is 4.98 Å². The molecule has 0 amide bonds. The lowest BCUT2D eigenvalue weighted by Gasteiger charge is -2.13. The zero-order valence-electron chi connectivity index (χ0n) is 16.9. The molecule has 6 aromatic rings. The van der Waals surface area contributed by atoms with Crippen LogP contribution in [0.2, 0.25) is 0 Å². The molecule has 0 saturated heterocycles. The van der Waals surface area contributed by atoms with Gasteiger partial charge in [-0.3, -0.25) is 4.40 Å². The molecule has 2 aromatic heterocycles. The maximum Gasteiger partial charge on any atom is 0.145 e. The minimum atomic E-state index is 1.00. The van der Waals surface area contributed by atoms with E-state index in [1.54, 1.807) is 0 Å². The fourth-order valence-electron chi connectivity index (χ4n) is 5.87. The fraction of sp³-hybridized carbons (Fsp3) is 0.0690. The Kier molecular flexibility index (Phi) is 2.77. The Labute approximate surface area is 179 Å². The Morgan fingerprint density at radius 1 is 0.581 bits per heavy atom. The number of pyridine rings is 1. The van der Waals surface area contributed by atoms with Crippen LogP contribution in [0.5, 0.6) is 0 Å². The predicted molar refractivity (Wildman–Crippen MR) is 127 cm³/mol. The molecule has 0 N–H and O–H groups in total. The van der Waals surface area contributed by atoms with Gasteiger partial charge in [-0.05, 0) is 87.0 Å². The second-order valence-corrected chi connectivity index (χ2v) is 8.87. The SMILES string of the molecule is c1ccc2c(c1)Cc1cc3c(cc1-2)c1cc2c(cc1n1ccnc31)Cc1ccccc1-2. The molecule has 2 nitrogen and oxygen atoms in total. The van der Waals surface area contributed by atoms with E-state index in [0.717, 1.165) is 18.5 Å². The summed E-state index contributed by atoms with van der Waals surface area (Å²) in [4.78, 5) is 4.77. The molecule has 2 heteroatoms. The van der Waals surface area contributed by atoms with Gasteiger partial charge in [-0.15, -0.1) is 0 Å². The van der Waals surface area contributed by atoms with Crippen molar-refractivity contribution in [2.24, 2.45) is 0 Å². The average Bonchev–Trinajstić information content (AvgIpc) is 3.51. The van der Waals surface area contributed by atoms with E-state index in [-0.39, 0.29) is 0 Å². The van der Waals surface area contributed by atoms with E-state index in [9.17, 15) is 0 Å². The van der Waals surface area contributed by atoms with Gasteiger partial charge in [-0.1, -0.05) is 48.5 Å². The molecule has 2 aliphatic carbocycles. The average molecular weight is 394 g/mol. The number of imidazole rings is 1. The summed E-state index contributed by atoms with van der Waals surface area (Å²) in [6.45, 7) is 0. The van der Waals surface area contributed by atoms with Crippen LogP contribution in [0, 0.1) is 0 Å². The van der Waals surface area contributed by atoms with Crippen LogP contribution in [0.25, 0.3) is 49.6 Å². The molecule has 0 spiro atoms. The van der Waals surface area contributed by atoms with E-state index >= 15 is 0 Å². The molecular weight excluding hydrogens is 376 g/mol. The van der Waals surface area contributed by atoms with Crippen LogP contribution in [0.1, 0.15) is 22.3 Å². The van der Waals surface area contributed by atoms with E-state index in [1.807, 2.05) is 6.20 Å². The lowest BCUT2D eigenvalue weighted by molar-refractivity contribution is 1.23. The molecule has 0 atom stereocenters. The van der Waals surface area contributed by atoms with Crippen molar-refractivity contribution in [1.82, 2.24) is 9.38 Å². The number of aromatic nitrogens is 2. The van der Waals surface area contributed by atoms with Crippen LogP contribution in [-0.2, 0) is 12.8 Å². The van der Waals surface area contributed by atoms with Crippen LogP contribution < -0.4 is 0 Å². The Balaban J connectivity index is 1.54. The summed E-state index contributed by atoms with van der Waals surface area (Å²) >= 11 is 0. The summed E-state index contributed by atoms with van der Waals surface area (Å²) in [5.41, 5.74) is 13.5. The third kappa shape index (κ3) is 1.95. The third-order valence-corrected chi connectivity index (χ3v) is 7.27. The molecule has 31 heavy (non-hydrogen) atoms. The first kappa shape index (κ1) is 15.9. The Morgan fingerprint density at radius 3 is 1.97 bits per heavy atom. The summed E-state index contributed by atoms with van der Waals surface area (Å²) in [7, 11) is 0. The standard InChI is InChI=1S/C29H18N2/c1-3-7-21-17(5-1)11-19-13-27-25(15-23(19)21)26-16-24-20(12-18-6-2-4-8-22(18)24)14-28(26)31-10-9-30-29(27)31/h1-10,13-16H,11-12H2. The molecule has 8 rings (SSSR count). The van der Waals surface area contributed by atoms with Gasteiger partial charge in [0.05, 0.1) is 5.52 Å². The van der Waals surface area contributed by atoms with Crippen molar-refractivity contribution in [3.05, 3.63) is 107 Å². The first-order valence-electron chi connectivity index (χ1n) is 10.9. The number of hydrogen-bond acceptors (Lipinski definition) is 1. The highest BCUT2D eigenvalue weighted by molar-refractivity contribution is 6.15. The van der Waals surface area contributed by atoms with Gasteiger partial charge in [0.2, 0.25) is 0 Å². The minimum Gasteiger partial charge on any atom is -0.299 e. The number of rotatable bonds is 0. The highest BCUT2D eigenvalue weighted by atomic mass is 15.0. The van der Waals surface area contributed by atoms with Crippen molar-refractivity contribution >= 4 is 27.3 Å². The fourth-order valence-corrected chi connectivity index (χ4v) is 5.87. The van der Waals surface area contributed by atoms with Crippen molar-refractivity contribution in [2.75, 3.05) is 0 Å². The van der Waals surface area contributed by atoms with Crippen LogP contribution >= 0.6 is 0 Å². The molecule has 0 saturated carbocycles. The third-order valence-electron chi connectivity index (χ3n) is 7.27. The van der Waals surface area contributed by atoms with Gasteiger partial charge in [0.15, 0.2) is 0 Å². The molecule has 0 unspecified atom stereocenters. The van der Waals surface area contributed by atoms with Crippen molar-refractivity contribution < 1.29 is 0 Å². The molecule has 2 heterocycles. The van der Waals surface area contributed by atoms with Crippen molar-refractivity contribution in [3.63, 3.8) is 0 Å². The predicted octanol–water partition coefficient (Wildman–Crippen LogP) is 6.78. The summed E-state index contributed by atoms with van der Waals surface area (Å²) in [6, 6.07) is 27.2. The van der Waals surface area contributed by atoms with Crippen LogP contribution in [0.15, 0.2) is 85.2 Å². The zero-order chi connectivity index (χ0) is 20.1. The molecule has 0 radical (unpaired) electrons.